The lowest BCUT2D eigenvalue weighted by Crippen LogP contribution is -1.98. The van der Waals surface area contributed by atoms with Crippen molar-refractivity contribution in [3.63, 3.8) is 0 Å². The molecule has 0 unspecified atom stereocenters. The van der Waals surface area contributed by atoms with E-state index >= 15 is 0 Å². The molecule has 0 bridgehead atoms. The van der Waals surface area contributed by atoms with Crippen molar-refractivity contribution in [1.82, 2.24) is 0 Å². The fraction of sp³-hybridized carbons (Fsp3) is 0.889. The van der Waals surface area contributed by atoms with Gasteiger partial charge < -0.3 is 0 Å². The third-order valence-corrected chi connectivity index (χ3v) is 6.82. The number of hydrogen-bond donors (Lipinski definition) is 0. The maximum absolute atomic E-state index is 8.39. The first kappa shape index (κ1) is 9.01. The number of rotatable bonds is 3. The van der Waals surface area contributed by atoms with Crippen LogP contribution in [0, 0.1) is 11.3 Å². The van der Waals surface area contributed by atoms with Gasteiger partial charge >= 0.3 is 0 Å². The first-order valence-corrected chi connectivity index (χ1v) is 7.26. The zero-order chi connectivity index (χ0) is 8.16. The van der Waals surface area contributed by atoms with Crippen molar-refractivity contribution < 1.29 is 0 Å². The first-order chi connectivity index (χ1) is 5.27. The van der Waals surface area contributed by atoms with Crippen LogP contribution in [-0.2, 0) is 0 Å². The lowest BCUT2D eigenvalue weighted by molar-refractivity contribution is 0.949. The van der Waals surface area contributed by atoms with Crippen LogP contribution in [0.15, 0.2) is 0 Å². The van der Waals surface area contributed by atoms with Gasteiger partial charge in [0, 0.05) is 20.3 Å². The van der Waals surface area contributed by atoms with Crippen LogP contribution in [0.2, 0.25) is 0 Å². The number of unbranched alkanes of at least 4 members (excludes halogenated alkanes) is 1. The summed E-state index contributed by atoms with van der Waals surface area (Å²) in [6.45, 7) is 2.48. The Bertz CT molecular complexity index is 153. The van der Waals surface area contributed by atoms with Gasteiger partial charge in [-0.15, -0.1) is 0 Å². The fourth-order valence-corrected chi connectivity index (χ4v) is 5.43. The van der Waals surface area contributed by atoms with Crippen LogP contribution in [0.4, 0.5) is 0 Å². The van der Waals surface area contributed by atoms with Crippen molar-refractivity contribution in [3.8, 4) is 6.07 Å². The van der Waals surface area contributed by atoms with Gasteiger partial charge in [0.2, 0.25) is 0 Å². The van der Waals surface area contributed by atoms with Gasteiger partial charge in [0.15, 0.2) is 0 Å². The molecule has 62 valence electrons. The van der Waals surface area contributed by atoms with Crippen molar-refractivity contribution in [2.75, 3.05) is 25.2 Å². The Hall–Kier alpha value is -0.0800. The zero-order valence-corrected chi connectivity index (χ0v) is 8.24. The first-order valence-electron chi connectivity index (χ1n) is 4.47. The number of nitriles is 1. The van der Waals surface area contributed by atoms with Crippen molar-refractivity contribution in [2.24, 2.45) is 0 Å². The van der Waals surface area contributed by atoms with E-state index in [4.69, 9.17) is 5.26 Å². The van der Waals surface area contributed by atoms with E-state index in [0.717, 1.165) is 12.8 Å². The van der Waals surface area contributed by atoms with Crippen molar-refractivity contribution >= 4 is 7.26 Å². The highest BCUT2D eigenvalue weighted by atomic mass is 31.2. The minimum atomic E-state index is -0.501. The van der Waals surface area contributed by atoms with Gasteiger partial charge in [-0.05, 0) is 19.3 Å². The Labute approximate surface area is 70.1 Å². The SMILES string of the molecule is C[P+]1(CCCC#N)CCCC1. The lowest BCUT2D eigenvalue weighted by atomic mass is 10.4. The molecule has 0 atom stereocenters. The molecule has 11 heavy (non-hydrogen) atoms. The normalized spacial score (nSPS) is 21.5. The van der Waals surface area contributed by atoms with E-state index in [1.807, 2.05) is 0 Å². The van der Waals surface area contributed by atoms with Gasteiger partial charge in [-0.1, -0.05) is 0 Å². The monoisotopic (exact) mass is 170 g/mol. The second-order valence-corrected chi connectivity index (χ2v) is 8.34. The van der Waals surface area contributed by atoms with E-state index in [1.54, 1.807) is 0 Å². The molecule has 0 aliphatic carbocycles. The van der Waals surface area contributed by atoms with Gasteiger partial charge in [0.05, 0.1) is 24.6 Å². The fourth-order valence-electron chi connectivity index (χ4n) is 1.86. The molecule has 0 saturated carbocycles. The largest absolute Gasteiger partial charge is 0.198 e. The second kappa shape index (κ2) is 4.07. The molecule has 0 aromatic heterocycles. The number of nitrogens with zero attached hydrogens (tertiary/aromatic N) is 1. The molecule has 0 aromatic rings. The zero-order valence-electron chi connectivity index (χ0n) is 7.34. The maximum atomic E-state index is 8.39. The lowest BCUT2D eigenvalue weighted by Gasteiger charge is -2.14. The van der Waals surface area contributed by atoms with Crippen LogP contribution < -0.4 is 0 Å². The molecule has 0 spiro atoms. The maximum Gasteiger partial charge on any atom is 0.0623 e. The molecule has 0 aromatic carbocycles. The van der Waals surface area contributed by atoms with E-state index in [9.17, 15) is 0 Å². The van der Waals surface area contributed by atoms with Gasteiger partial charge in [-0.2, -0.15) is 5.26 Å². The van der Waals surface area contributed by atoms with Crippen LogP contribution in [0.3, 0.4) is 0 Å². The molecule has 1 fully saturated rings. The molecular formula is C9H17NP+. The predicted octanol–water partition coefficient (Wildman–Crippen LogP) is 2.73. The summed E-state index contributed by atoms with van der Waals surface area (Å²) in [5.74, 6) is 0. The van der Waals surface area contributed by atoms with Crippen molar-refractivity contribution in [3.05, 3.63) is 0 Å². The Morgan fingerprint density at radius 2 is 2.00 bits per heavy atom. The minimum absolute atomic E-state index is 0.501. The molecule has 1 heterocycles. The third-order valence-electron chi connectivity index (χ3n) is 2.63. The summed E-state index contributed by atoms with van der Waals surface area (Å²) >= 11 is 0. The van der Waals surface area contributed by atoms with E-state index in [-0.39, 0.29) is 0 Å². The highest BCUT2D eigenvalue weighted by molar-refractivity contribution is 7.75. The van der Waals surface area contributed by atoms with E-state index in [2.05, 4.69) is 12.7 Å². The molecule has 1 nitrogen and oxygen atoms in total. The number of hydrogen-bond acceptors (Lipinski definition) is 1. The summed E-state index contributed by atoms with van der Waals surface area (Å²) in [5, 5.41) is 8.39. The highest BCUT2D eigenvalue weighted by Crippen LogP contribution is 2.60. The standard InChI is InChI=1S/C9H17NP/c1-11(7-3-2-6-10)8-4-5-9-11/h2-5,7-9H2,1H3/q+1. The van der Waals surface area contributed by atoms with Crippen molar-refractivity contribution in [1.29, 1.82) is 5.26 Å². The molecular weight excluding hydrogens is 153 g/mol. The van der Waals surface area contributed by atoms with E-state index < -0.39 is 7.26 Å². The summed E-state index contributed by atoms with van der Waals surface area (Å²) in [4.78, 5) is 0. The van der Waals surface area contributed by atoms with E-state index in [1.165, 1.54) is 31.3 Å². The van der Waals surface area contributed by atoms with Crippen LogP contribution in [0.25, 0.3) is 0 Å². The minimum Gasteiger partial charge on any atom is -0.198 e. The highest BCUT2D eigenvalue weighted by Gasteiger charge is 2.34. The summed E-state index contributed by atoms with van der Waals surface area (Å²) in [6.07, 6.45) is 9.21. The Morgan fingerprint density at radius 3 is 2.55 bits per heavy atom. The smallest absolute Gasteiger partial charge is 0.0623 e. The summed E-state index contributed by atoms with van der Waals surface area (Å²) in [6, 6.07) is 2.23. The quantitative estimate of drug-likeness (QED) is 0.472. The van der Waals surface area contributed by atoms with Crippen LogP contribution in [-0.4, -0.2) is 25.2 Å². The second-order valence-electron chi connectivity index (χ2n) is 3.76. The average molecular weight is 170 g/mol. The molecule has 2 heteroatoms. The summed E-state index contributed by atoms with van der Waals surface area (Å²) < 4.78 is 0. The van der Waals surface area contributed by atoms with Gasteiger partial charge in [-0.25, -0.2) is 0 Å². The van der Waals surface area contributed by atoms with Crippen LogP contribution in [0.1, 0.15) is 25.7 Å². The van der Waals surface area contributed by atoms with Crippen LogP contribution in [0.5, 0.6) is 0 Å². The predicted molar refractivity (Wildman–Crippen MR) is 51.5 cm³/mol. The topological polar surface area (TPSA) is 23.8 Å². The Balaban J connectivity index is 2.19. The average Bonchev–Trinajstić information content (AvgIpc) is 2.38. The molecule has 0 radical (unpaired) electrons. The van der Waals surface area contributed by atoms with Gasteiger partial charge in [0.1, 0.15) is 0 Å². The molecule has 1 saturated heterocycles. The van der Waals surface area contributed by atoms with Crippen LogP contribution >= 0.6 is 7.26 Å². The Morgan fingerprint density at radius 1 is 1.36 bits per heavy atom. The molecule has 1 aliphatic rings. The van der Waals surface area contributed by atoms with Crippen molar-refractivity contribution in [2.45, 2.75) is 25.7 Å². The molecule has 0 amide bonds. The summed E-state index contributed by atoms with van der Waals surface area (Å²) in [7, 11) is -0.501. The Kier molecular flexibility index (Phi) is 3.34. The van der Waals surface area contributed by atoms with Gasteiger partial charge in [0.25, 0.3) is 0 Å². The molecule has 0 N–H and O–H groups in total. The van der Waals surface area contributed by atoms with E-state index in [0.29, 0.717) is 0 Å². The van der Waals surface area contributed by atoms with Gasteiger partial charge in [-0.3, -0.25) is 0 Å². The summed E-state index contributed by atoms with van der Waals surface area (Å²) in [5.41, 5.74) is 0. The third kappa shape index (κ3) is 2.80. The molecule has 1 aliphatic heterocycles. The molecule has 1 rings (SSSR count).